The van der Waals surface area contributed by atoms with Crippen molar-refractivity contribution >= 4 is 11.8 Å². The maximum absolute atomic E-state index is 12.7. The van der Waals surface area contributed by atoms with Gasteiger partial charge in [0.25, 0.3) is 5.91 Å². The molecule has 182 valence electrons. The Morgan fingerprint density at radius 1 is 1.21 bits per heavy atom. The van der Waals surface area contributed by atoms with Gasteiger partial charge in [-0.25, -0.2) is 0 Å². The molecule has 0 radical (unpaired) electrons. The number of ether oxygens (including phenoxy) is 1. The average Bonchev–Trinajstić information content (AvgIpc) is 3.33. The van der Waals surface area contributed by atoms with Gasteiger partial charge in [0.1, 0.15) is 5.75 Å². The third-order valence-electron chi connectivity index (χ3n) is 7.17. The quantitative estimate of drug-likeness (QED) is 0.582. The molecule has 3 unspecified atom stereocenters. The van der Waals surface area contributed by atoms with Gasteiger partial charge in [-0.05, 0) is 93.3 Å². The Kier molecular flexibility index (Phi) is 8.22. The molecule has 4 rings (SSSR count). The summed E-state index contributed by atoms with van der Waals surface area (Å²) in [5, 5.41) is 6.44. The number of hydrogen-bond donors (Lipinski definition) is 2. The minimum Gasteiger partial charge on any atom is -0.494 e. The molecule has 1 heterocycles. The van der Waals surface area contributed by atoms with Gasteiger partial charge in [0.2, 0.25) is 5.91 Å². The maximum Gasteiger partial charge on any atom is 0.254 e. The van der Waals surface area contributed by atoms with Crippen LogP contribution in [-0.2, 0) is 4.79 Å². The lowest BCUT2D eigenvalue weighted by Crippen LogP contribution is -2.49. The highest BCUT2D eigenvalue weighted by atomic mass is 16.5. The van der Waals surface area contributed by atoms with Crippen molar-refractivity contribution in [3.63, 3.8) is 0 Å². The summed E-state index contributed by atoms with van der Waals surface area (Å²) >= 11 is 0. The van der Waals surface area contributed by atoms with E-state index in [4.69, 9.17) is 4.74 Å². The van der Waals surface area contributed by atoms with Crippen LogP contribution in [0.3, 0.4) is 0 Å². The van der Waals surface area contributed by atoms with E-state index >= 15 is 0 Å². The number of piperazine rings is 1. The summed E-state index contributed by atoms with van der Waals surface area (Å²) in [6.45, 7) is 7.16. The van der Waals surface area contributed by atoms with Gasteiger partial charge in [-0.3, -0.25) is 9.59 Å². The Labute approximate surface area is 203 Å². The first-order valence-corrected chi connectivity index (χ1v) is 12.7. The van der Waals surface area contributed by atoms with Crippen molar-refractivity contribution in [2.75, 3.05) is 32.8 Å². The van der Waals surface area contributed by atoms with Gasteiger partial charge in [-0.1, -0.05) is 24.3 Å². The molecule has 2 aliphatic rings. The standard InChI is InChI=1S/C28H37N3O3/c1-3-34-26-6-4-5-24(18-26)20(2)29-14-13-21-7-8-25(17-21)22-9-11-23(12-10-22)28(33)31-16-15-30-27(32)19-31/h4-6,9-12,18,20-21,25,29H,3,7-8,13-17,19H2,1-2H3,(H,30,32). The number of benzene rings is 2. The van der Waals surface area contributed by atoms with Crippen molar-refractivity contribution in [3.05, 3.63) is 65.2 Å². The number of hydrogen-bond acceptors (Lipinski definition) is 4. The number of amides is 2. The van der Waals surface area contributed by atoms with E-state index < -0.39 is 0 Å². The van der Waals surface area contributed by atoms with Crippen LogP contribution in [0.15, 0.2) is 48.5 Å². The molecule has 6 heteroatoms. The van der Waals surface area contributed by atoms with Gasteiger partial charge in [-0.15, -0.1) is 0 Å². The Bertz CT molecular complexity index is 975. The second-order valence-electron chi connectivity index (χ2n) is 9.54. The van der Waals surface area contributed by atoms with Crippen molar-refractivity contribution in [2.45, 2.75) is 51.5 Å². The lowest BCUT2D eigenvalue weighted by Gasteiger charge is -2.26. The van der Waals surface area contributed by atoms with Gasteiger partial charge < -0.3 is 20.3 Å². The monoisotopic (exact) mass is 463 g/mol. The Morgan fingerprint density at radius 2 is 2.03 bits per heavy atom. The van der Waals surface area contributed by atoms with E-state index in [1.807, 2.05) is 25.1 Å². The zero-order valence-corrected chi connectivity index (χ0v) is 20.4. The molecule has 0 spiro atoms. The van der Waals surface area contributed by atoms with E-state index in [-0.39, 0.29) is 18.4 Å². The highest BCUT2D eigenvalue weighted by molar-refractivity contribution is 5.97. The number of carbonyl (C=O) groups is 2. The van der Waals surface area contributed by atoms with E-state index in [1.165, 1.54) is 36.8 Å². The second kappa shape index (κ2) is 11.5. The normalized spacial score (nSPS) is 21.2. The molecular weight excluding hydrogens is 426 g/mol. The van der Waals surface area contributed by atoms with E-state index in [1.54, 1.807) is 4.90 Å². The number of nitrogens with one attached hydrogen (secondary N) is 2. The van der Waals surface area contributed by atoms with Crippen LogP contribution in [0.2, 0.25) is 0 Å². The predicted molar refractivity (Wildman–Crippen MR) is 134 cm³/mol. The lowest BCUT2D eigenvalue weighted by atomic mass is 9.94. The van der Waals surface area contributed by atoms with Crippen molar-refractivity contribution in [2.24, 2.45) is 5.92 Å². The first kappa shape index (κ1) is 24.3. The Morgan fingerprint density at radius 3 is 2.79 bits per heavy atom. The van der Waals surface area contributed by atoms with Crippen molar-refractivity contribution in [1.82, 2.24) is 15.5 Å². The minimum atomic E-state index is -0.0869. The van der Waals surface area contributed by atoms with Gasteiger partial charge in [0, 0.05) is 24.7 Å². The lowest BCUT2D eigenvalue weighted by molar-refractivity contribution is -0.123. The summed E-state index contributed by atoms with van der Waals surface area (Å²) in [4.78, 5) is 25.9. The first-order chi connectivity index (χ1) is 16.5. The Balaban J connectivity index is 1.23. The SMILES string of the molecule is CCOc1cccc(C(C)NCCC2CCC(c3ccc(C(=O)N4CCNC(=O)C4)cc3)C2)c1. The third-order valence-corrected chi connectivity index (χ3v) is 7.17. The molecule has 1 saturated carbocycles. The molecule has 2 amide bonds. The highest BCUT2D eigenvalue weighted by Gasteiger charge is 2.27. The van der Waals surface area contributed by atoms with E-state index in [9.17, 15) is 9.59 Å². The fourth-order valence-electron chi connectivity index (χ4n) is 5.19. The molecule has 2 aromatic rings. The summed E-state index contributed by atoms with van der Waals surface area (Å²) in [6, 6.07) is 16.7. The molecule has 6 nitrogen and oxygen atoms in total. The van der Waals surface area contributed by atoms with Crippen LogP contribution in [0.4, 0.5) is 0 Å². The topological polar surface area (TPSA) is 70.7 Å². The van der Waals surface area contributed by atoms with Crippen LogP contribution in [0.5, 0.6) is 5.75 Å². The smallest absolute Gasteiger partial charge is 0.254 e. The zero-order chi connectivity index (χ0) is 23.9. The minimum absolute atomic E-state index is 0.0577. The van der Waals surface area contributed by atoms with E-state index in [0.717, 1.165) is 18.2 Å². The van der Waals surface area contributed by atoms with Crippen LogP contribution in [0.1, 0.15) is 73.0 Å². The molecule has 1 aliphatic carbocycles. The molecule has 1 aliphatic heterocycles. The predicted octanol–water partition coefficient (Wildman–Crippen LogP) is 4.28. The first-order valence-electron chi connectivity index (χ1n) is 12.7. The molecule has 2 fully saturated rings. The van der Waals surface area contributed by atoms with Crippen LogP contribution in [0, 0.1) is 5.92 Å². The van der Waals surface area contributed by atoms with Gasteiger partial charge in [0.05, 0.1) is 13.2 Å². The molecular formula is C28H37N3O3. The van der Waals surface area contributed by atoms with Crippen molar-refractivity contribution in [1.29, 1.82) is 0 Å². The van der Waals surface area contributed by atoms with Crippen LogP contribution >= 0.6 is 0 Å². The molecule has 34 heavy (non-hydrogen) atoms. The van der Waals surface area contributed by atoms with Crippen LogP contribution < -0.4 is 15.4 Å². The summed E-state index contributed by atoms with van der Waals surface area (Å²) < 4.78 is 5.63. The van der Waals surface area contributed by atoms with Crippen LogP contribution in [-0.4, -0.2) is 49.5 Å². The molecule has 2 aromatic carbocycles. The molecule has 1 saturated heterocycles. The zero-order valence-electron chi connectivity index (χ0n) is 20.4. The highest BCUT2D eigenvalue weighted by Crippen LogP contribution is 2.39. The van der Waals surface area contributed by atoms with Crippen molar-refractivity contribution in [3.8, 4) is 5.75 Å². The van der Waals surface area contributed by atoms with E-state index in [0.29, 0.717) is 37.2 Å². The van der Waals surface area contributed by atoms with Crippen molar-refractivity contribution < 1.29 is 14.3 Å². The average molecular weight is 464 g/mol. The van der Waals surface area contributed by atoms with Gasteiger partial charge in [0.15, 0.2) is 0 Å². The fraction of sp³-hybridized carbons (Fsp3) is 0.500. The largest absolute Gasteiger partial charge is 0.494 e. The molecule has 3 atom stereocenters. The Hall–Kier alpha value is -2.86. The molecule has 0 aromatic heterocycles. The number of rotatable bonds is 9. The molecule has 2 N–H and O–H groups in total. The van der Waals surface area contributed by atoms with E-state index in [2.05, 4.69) is 47.9 Å². The summed E-state index contributed by atoms with van der Waals surface area (Å²) in [5.74, 6) is 2.08. The summed E-state index contributed by atoms with van der Waals surface area (Å²) in [7, 11) is 0. The molecule has 0 bridgehead atoms. The summed E-state index contributed by atoms with van der Waals surface area (Å²) in [6.07, 6.45) is 4.84. The number of nitrogens with zero attached hydrogens (tertiary/aromatic N) is 1. The van der Waals surface area contributed by atoms with Gasteiger partial charge in [-0.2, -0.15) is 0 Å². The fourth-order valence-corrected chi connectivity index (χ4v) is 5.19. The maximum atomic E-state index is 12.7. The second-order valence-corrected chi connectivity index (χ2v) is 9.54. The third kappa shape index (κ3) is 6.17. The summed E-state index contributed by atoms with van der Waals surface area (Å²) in [5.41, 5.74) is 3.25. The van der Waals surface area contributed by atoms with Crippen LogP contribution in [0.25, 0.3) is 0 Å². The van der Waals surface area contributed by atoms with Gasteiger partial charge >= 0.3 is 0 Å². The number of carbonyl (C=O) groups excluding carboxylic acids is 2.